The first-order chi connectivity index (χ1) is 13.0. The second kappa shape index (κ2) is 8.33. The third kappa shape index (κ3) is 4.73. The average molecular weight is 395 g/mol. The van der Waals surface area contributed by atoms with Crippen LogP contribution in [0.4, 0.5) is 5.13 Å². The van der Waals surface area contributed by atoms with Gasteiger partial charge in [0.15, 0.2) is 5.13 Å². The van der Waals surface area contributed by atoms with Crippen molar-refractivity contribution in [2.75, 3.05) is 11.1 Å². The quantitative estimate of drug-likeness (QED) is 0.633. The molecule has 0 aliphatic carbocycles. The molecule has 0 spiro atoms. The highest BCUT2D eigenvalue weighted by Crippen LogP contribution is 2.26. The number of hydrogen-bond acceptors (Lipinski definition) is 6. The highest BCUT2D eigenvalue weighted by atomic mass is 32.2. The number of carbonyl (C=O) groups is 1. The zero-order chi connectivity index (χ0) is 19.4. The fraction of sp³-hybridized carbons (Fsp3) is 0.200. The van der Waals surface area contributed by atoms with E-state index in [4.69, 9.17) is 0 Å². The Labute approximate surface area is 166 Å². The number of nitrogens with zero attached hydrogens (tertiary/aromatic N) is 3. The molecule has 0 aliphatic rings. The van der Waals surface area contributed by atoms with Crippen LogP contribution in [-0.4, -0.2) is 21.6 Å². The SMILES string of the molecule is Cc1ccc(-c2csc(NC(=O)CSc3nc(C)cc(C)c3C#N)n2)cc1. The van der Waals surface area contributed by atoms with E-state index in [9.17, 15) is 10.1 Å². The highest BCUT2D eigenvalue weighted by Gasteiger charge is 2.13. The Hall–Kier alpha value is -2.69. The number of nitriles is 1. The zero-order valence-corrected chi connectivity index (χ0v) is 16.9. The van der Waals surface area contributed by atoms with Gasteiger partial charge < -0.3 is 5.32 Å². The molecule has 0 saturated heterocycles. The van der Waals surface area contributed by atoms with Crippen LogP contribution >= 0.6 is 23.1 Å². The predicted octanol–water partition coefficient (Wildman–Crippen LogP) is 4.73. The van der Waals surface area contributed by atoms with Crippen molar-refractivity contribution < 1.29 is 4.79 Å². The van der Waals surface area contributed by atoms with Crippen LogP contribution in [0.2, 0.25) is 0 Å². The summed E-state index contributed by atoms with van der Waals surface area (Å²) < 4.78 is 0. The summed E-state index contributed by atoms with van der Waals surface area (Å²) in [4.78, 5) is 21.1. The summed E-state index contributed by atoms with van der Waals surface area (Å²) >= 11 is 2.65. The molecule has 5 nitrogen and oxygen atoms in total. The third-order valence-corrected chi connectivity index (χ3v) is 5.59. The van der Waals surface area contributed by atoms with Crippen molar-refractivity contribution in [1.29, 1.82) is 5.26 Å². The molecule has 0 saturated carbocycles. The molecule has 3 aromatic rings. The summed E-state index contributed by atoms with van der Waals surface area (Å²) in [5, 5.41) is 15.2. The Morgan fingerprint density at radius 2 is 1.96 bits per heavy atom. The fourth-order valence-electron chi connectivity index (χ4n) is 2.52. The molecule has 0 radical (unpaired) electrons. The summed E-state index contributed by atoms with van der Waals surface area (Å²) in [5.41, 5.74) is 5.27. The lowest BCUT2D eigenvalue weighted by Crippen LogP contribution is -2.14. The lowest BCUT2D eigenvalue weighted by atomic mass is 10.1. The molecule has 7 heteroatoms. The normalized spacial score (nSPS) is 10.4. The molecule has 0 atom stereocenters. The molecule has 0 bridgehead atoms. The van der Waals surface area contributed by atoms with Gasteiger partial charge in [0.2, 0.25) is 5.91 Å². The van der Waals surface area contributed by atoms with Crippen molar-refractivity contribution in [3.63, 3.8) is 0 Å². The van der Waals surface area contributed by atoms with Gasteiger partial charge in [-0.1, -0.05) is 41.6 Å². The standard InChI is InChI=1S/C20H18N4OS2/c1-12-4-6-15(7-5-12)17-10-27-20(23-17)24-18(25)11-26-19-16(9-21)13(2)8-14(3)22-19/h4-8,10H,11H2,1-3H3,(H,23,24,25). The van der Waals surface area contributed by atoms with Crippen LogP contribution in [0.1, 0.15) is 22.4 Å². The Morgan fingerprint density at radius 1 is 1.22 bits per heavy atom. The lowest BCUT2D eigenvalue weighted by molar-refractivity contribution is -0.113. The van der Waals surface area contributed by atoms with Gasteiger partial charge in [-0.05, 0) is 32.4 Å². The van der Waals surface area contributed by atoms with Crippen LogP contribution in [0, 0.1) is 32.1 Å². The maximum absolute atomic E-state index is 12.3. The molecule has 0 unspecified atom stereocenters. The first-order valence-electron chi connectivity index (χ1n) is 8.30. The van der Waals surface area contributed by atoms with Gasteiger partial charge in [-0.25, -0.2) is 9.97 Å². The van der Waals surface area contributed by atoms with E-state index < -0.39 is 0 Å². The summed E-state index contributed by atoms with van der Waals surface area (Å²) in [6.07, 6.45) is 0. The topological polar surface area (TPSA) is 78.7 Å². The highest BCUT2D eigenvalue weighted by molar-refractivity contribution is 8.00. The molecular weight excluding hydrogens is 376 g/mol. The van der Waals surface area contributed by atoms with Gasteiger partial charge in [-0.3, -0.25) is 4.79 Å². The maximum Gasteiger partial charge on any atom is 0.236 e. The first-order valence-corrected chi connectivity index (χ1v) is 10.2. The Balaban J connectivity index is 1.64. The average Bonchev–Trinajstić information content (AvgIpc) is 3.08. The molecule has 3 rings (SSSR count). The van der Waals surface area contributed by atoms with Gasteiger partial charge in [0.05, 0.1) is 17.0 Å². The number of benzene rings is 1. The van der Waals surface area contributed by atoms with Crippen LogP contribution in [0.25, 0.3) is 11.3 Å². The van der Waals surface area contributed by atoms with Crippen molar-refractivity contribution >= 4 is 34.1 Å². The number of rotatable bonds is 5. The third-order valence-electron chi connectivity index (χ3n) is 3.86. The van der Waals surface area contributed by atoms with Crippen LogP contribution in [0.15, 0.2) is 40.7 Å². The van der Waals surface area contributed by atoms with E-state index in [0.717, 1.165) is 22.5 Å². The predicted molar refractivity (Wildman–Crippen MR) is 110 cm³/mol. The van der Waals surface area contributed by atoms with Gasteiger partial charge in [0.1, 0.15) is 11.1 Å². The molecule has 27 heavy (non-hydrogen) atoms. The molecule has 1 N–H and O–H groups in total. The number of carbonyl (C=O) groups excluding carboxylic acids is 1. The largest absolute Gasteiger partial charge is 0.301 e. The van der Waals surface area contributed by atoms with Crippen molar-refractivity contribution in [1.82, 2.24) is 9.97 Å². The van der Waals surface area contributed by atoms with E-state index in [-0.39, 0.29) is 11.7 Å². The Kier molecular flexibility index (Phi) is 5.89. The van der Waals surface area contributed by atoms with Gasteiger partial charge in [-0.15, -0.1) is 11.3 Å². The maximum atomic E-state index is 12.3. The Bertz CT molecular complexity index is 1020. The zero-order valence-electron chi connectivity index (χ0n) is 15.2. The molecule has 1 amide bonds. The minimum atomic E-state index is -0.172. The molecule has 2 heterocycles. The van der Waals surface area contributed by atoms with E-state index in [1.807, 2.05) is 56.5 Å². The van der Waals surface area contributed by atoms with Crippen LogP contribution in [0.3, 0.4) is 0 Å². The molecule has 0 aliphatic heterocycles. The van der Waals surface area contributed by atoms with E-state index in [1.165, 1.54) is 28.7 Å². The van der Waals surface area contributed by atoms with Crippen LogP contribution in [0.5, 0.6) is 0 Å². The second-order valence-corrected chi connectivity index (χ2v) is 7.94. The summed E-state index contributed by atoms with van der Waals surface area (Å²) in [6, 6.07) is 12.1. The summed E-state index contributed by atoms with van der Waals surface area (Å²) in [6.45, 7) is 5.79. The molecule has 136 valence electrons. The smallest absolute Gasteiger partial charge is 0.236 e. The second-order valence-electron chi connectivity index (χ2n) is 6.11. The van der Waals surface area contributed by atoms with E-state index >= 15 is 0 Å². The molecule has 0 fully saturated rings. The number of hydrogen-bond donors (Lipinski definition) is 1. The van der Waals surface area contributed by atoms with Crippen molar-refractivity contribution in [3.8, 4) is 17.3 Å². The number of nitrogens with one attached hydrogen (secondary N) is 1. The van der Waals surface area contributed by atoms with E-state index in [2.05, 4.69) is 21.4 Å². The van der Waals surface area contributed by atoms with Crippen LogP contribution in [-0.2, 0) is 4.79 Å². The first kappa shape index (κ1) is 19.1. The minimum absolute atomic E-state index is 0.171. The van der Waals surface area contributed by atoms with Crippen molar-refractivity contribution in [3.05, 3.63) is 58.1 Å². The lowest BCUT2D eigenvalue weighted by Gasteiger charge is -2.07. The molecule has 2 aromatic heterocycles. The van der Waals surface area contributed by atoms with Crippen molar-refractivity contribution in [2.45, 2.75) is 25.8 Å². The summed E-state index contributed by atoms with van der Waals surface area (Å²) in [5.74, 6) is -0.000963. The van der Waals surface area contributed by atoms with Gasteiger partial charge >= 0.3 is 0 Å². The molecule has 1 aromatic carbocycles. The van der Waals surface area contributed by atoms with Crippen LogP contribution < -0.4 is 5.32 Å². The number of aryl methyl sites for hydroxylation is 3. The number of amides is 1. The minimum Gasteiger partial charge on any atom is -0.301 e. The van der Waals surface area contributed by atoms with E-state index in [0.29, 0.717) is 15.7 Å². The van der Waals surface area contributed by atoms with Gasteiger partial charge in [0, 0.05) is 16.6 Å². The summed E-state index contributed by atoms with van der Waals surface area (Å²) in [7, 11) is 0. The van der Waals surface area contributed by atoms with Crippen molar-refractivity contribution in [2.24, 2.45) is 0 Å². The monoisotopic (exact) mass is 394 g/mol. The number of pyridine rings is 1. The Morgan fingerprint density at radius 3 is 2.67 bits per heavy atom. The number of aromatic nitrogens is 2. The van der Waals surface area contributed by atoms with Gasteiger partial charge in [0.25, 0.3) is 0 Å². The number of thioether (sulfide) groups is 1. The van der Waals surface area contributed by atoms with E-state index in [1.54, 1.807) is 0 Å². The molecular formula is C20H18N4OS2. The number of anilines is 1. The number of thiazole rings is 1. The fourth-order valence-corrected chi connectivity index (χ4v) is 4.16. The van der Waals surface area contributed by atoms with Gasteiger partial charge in [-0.2, -0.15) is 5.26 Å².